The van der Waals surface area contributed by atoms with Crippen molar-refractivity contribution in [3.8, 4) is 0 Å². The molecule has 1 unspecified atom stereocenters. The van der Waals surface area contributed by atoms with E-state index >= 15 is 0 Å². The molecule has 1 N–H and O–H groups in total. The minimum Gasteiger partial charge on any atom is -0.310 e. The average Bonchev–Trinajstić information content (AvgIpc) is 2.65. The Morgan fingerprint density at radius 1 is 1.62 bits per heavy atom. The third-order valence-corrected chi connectivity index (χ3v) is 5.41. The Hall–Kier alpha value is 0.490. The predicted molar refractivity (Wildman–Crippen MR) is 78.7 cm³/mol. The van der Waals surface area contributed by atoms with Crippen LogP contribution in [0, 0.1) is 0 Å². The second kappa shape index (κ2) is 6.43. The van der Waals surface area contributed by atoms with E-state index in [2.05, 4.69) is 33.6 Å². The molecule has 4 heteroatoms. The molecule has 0 saturated carbocycles. The SMILES string of the molecule is CSCCCNC1CCCc2sc(Br)cc21. The molecule has 0 saturated heterocycles. The maximum atomic E-state index is 3.70. The van der Waals surface area contributed by atoms with Gasteiger partial charge in [-0.3, -0.25) is 0 Å². The van der Waals surface area contributed by atoms with Crippen LogP contribution in [-0.2, 0) is 6.42 Å². The number of thiophene rings is 1. The predicted octanol–water partition coefficient (Wildman–Crippen LogP) is 4.23. The standard InChI is InChI=1S/C12H18BrNS2/c1-15-7-3-6-14-10-4-2-5-11-9(10)8-12(13)16-11/h8,10,14H,2-7H2,1H3. The Morgan fingerprint density at radius 3 is 3.31 bits per heavy atom. The molecule has 2 rings (SSSR count). The van der Waals surface area contributed by atoms with Crippen molar-refractivity contribution in [1.82, 2.24) is 5.32 Å². The molecule has 1 heterocycles. The van der Waals surface area contributed by atoms with E-state index < -0.39 is 0 Å². The maximum absolute atomic E-state index is 3.70. The summed E-state index contributed by atoms with van der Waals surface area (Å²) < 4.78 is 1.29. The van der Waals surface area contributed by atoms with Gasteiger partial charge in [-0.1, -0.05) is 0 Å². The Balaban J connectivity index is 1.91. The molecule has 0 fully saturated rings. The van der Waals surface area contributed by atoms with Crippen LogP contribution in [-0.4, -0.2) is 18.6 Å². The summed E-state index contributed by atoms with van der Waals surface area (Å²) >= 11 is 7.44. The second-order valence-corrected chi connectivity index (χ2v) is 7.68. The first-order chi connectivity index (χ1) is 7.81. The maximum Gasteiger partial charge on any atom is 0.0704 e. The van der Waals surface area contributed by atoms with Crippen LogP contribution >= 0.6 is 39.0 Å². The molecule has 0 spiro atoms. The summed E-state index contributed by atoms with van der Waals surface area (Å²) in [5.74, 6) is 1.26. The number of aryl methyl sites for hydroxylation is 1. The van der Waals surface area contributed by atoms with Crippen molar-refractivity contribution in [3.63, 3.8) is 0 Å². The Labute approximate surface area is 115 Å². The van der Waals surface area contributed by atoms with Gasteiger partial charge >= 0.3 is 0 Å². The van der Waals surface area contributed by atoms with Gasteiger partial charge in [0, 0.05) is 10.9 Å². The van der Waals surface area contributed by atoms with E-state index in [0.717, 1.165) is 6.54 Å². The number of hydrogen-bond acceptors (Lipinski definition) is 3. The molecule has 1 aliphatic carbocycles. The number of thioether (sulfide) groups is 1. The van der Waals surface area contributed by atoms with Crippen molar-refractivity contribution in [3.05, 3.63) is 20.3 Å². The Kier molecular flexibility index (Phi) is 5.20. The van der Waals surface area contributed by atoms with E-state index in [-0.39, 0.29) is 0 Å². The van der Waals surface area contributed by atoms with E-state index in [1.807, 2.05) is 23.1 Å². The number of fused-ring (bicyclic) bond motifs is 1. The molecule has 0 aliphatic heterocycles. The quantitative estimate of drug-likeness (QED) is 0.815. The summed E-state index contributed by atoms with van der Waals surface area (Å²) in [6.45, 7) is 1.15. The fourth-order valence-corrected chi connectivity index (χ4v) is 4.48. The van der Waals surface area contributed by atoms with Crippen molar-refractivity contribution in [2.45, 2.75) is 31.7 Å². The third kappa shape index (κ3) is 3.25. The Bertz CT molecular complexity index is 338. The molecule has 1 atom stereocenters. The summed E-state index contributed by atoms with van der Waals surface area (Å²) in [5, 5.41) is 3.70. The van der Waals surface area contributed by atoms with Gasteiger partial charge in [0.05, 0.1) is 3.79 Å². The van der Waals surface area contributed by atoms with E-state index in [1.165, 1.54) is 35.2 Å². The van der Waals surface area contributed by atoms with Crippen molar-refractivity contribution in [2.75, 3.05) is 18.6 Å². The fraction of sp³-hybridized carbons (Fsp3) is 0.667. The van der Waals surface area contributed by atoms with Crippen molar-refractivity contribution in [2.24, 2.45) is 0 Å². The number of halogens is 1. The minimum atomic E-state index is 0.605. The van der Waals surface area contributed by atoms with Crippen LogP contribution < -0.4 is 5.32 Å². The lowest BCUT2D eigenvalue weighted by atomic mass is 9.94. The summed E-state index contributed by atoms with van der Waals surface area (Å²) in [7, 11) is 0. The first-order valence-corrected chi connectivity index (χ1v) is 8.82. The molecule has 0 bridgehead atoms. The lowest BCUT2D eigenvalue weighted by Gasteiger charge is -2.23. The summed E-state index contributed by atoms with van der Waals surface area (Å²) in [6, 6.07) is 2.92. The van der Waals surface area contributed by atoms with Crippen molar-refractivity contribution >= 4 is 39.0 Å². The topological polar surface area (TPSA) is 12.0 Å². The van der Waals surface area contributed by atoms with E-state index in [1.54, 1.807) is 10.4 Å². The van der Waals surface area contributed by atoms with E-state index in [0.29, 0.717) is 6.04 Å². The smallest absolute Gasteiger partial charge is 0.0704 e. The van der Waals surface area contributed by atoms with Crippen LogP contribution in [0.4, 0.5) is 0 Å². The molecule has 1 aromatic rings. The van der Waals surface area contributed by atoms with Gasteiger partial charge in [-0.2, -0.15) is 11.8 Å². The fourth-order valence-electron chi connectivity index (χ4n) is 2.23. The Morgan fingerprint density at radius 2 is 2.50 bits per heavy atom. The second-order valence-electron chi connectivity index (χ2n) is 4.17. The highest BCUT2D eigenvalue weighted by Gasteiger charge is 2.21. The third-order valence-electron chi connectivity index (χ3n) is 3.00. The highest BCUT2D eigenvalue weighted by Crippen LogP contribution is 2.37. The number of hydrogen-bond donors (Lipinski definition) is 1. The lowest BCUT2D eigenvalue weighted by Crippen LogP contribution is -2.25. The van der Waals surface area contributed by atoms with E-state index in [4.69, 9.17) is 0 Å². The highest BCUT2D eigenvalue weighted by atomic mass is 79.9. The monoisotopic (exact) mass is 319 g/mol. The van der Waals surface area contributed by atoms with Gasteiger partial charge in [-0.15, -0.1) is 11.3 Å². The van der Waals surface area contributed by atoms with Crippen LogP contribution in [0.3, 0.4) is 0 Å². The summed E-state index contributed by atoms with van der Waals surface area (Å²) in [6.07, 6.45) is 7.36. The van der Waals surface area contributed by atoms with Gasteiger partial charge in [0.1, 0.15) is 0 Å². The largest absolute Gasteiger partial charge is 0.310 e. The van der Waals surface area contributed by atoms with Crippen LogP contribution in [0.15, 0.2) is 9.85 Å². The van der Waals surface area contributed by atoms with Crippen LogP contribution in [0.25, 0.3) is 0 Å². The zero-order valence-corrected chi connectivity index (χ0v) is 12.8. The molecule has 0 amide bonds. The molecule has 0 aromatic carbocycles. The first-order valence-electron chi connectivity index (χ1n) is 5.81. The zero-order chi connectivity index (χ0) is 11.4. The minimum absolute atomic E-state index is 0.605. The number of nitrogens with one attached hydrogen (secondary N) is 1. The molecule has 1 aromatic heterocycles. The molecule has 0 radical (unpaired) electrons. The first kappa shape index (κ1) is 12.9. The van der Waals surface area contributed by atoms with Gasteiger partial charge in [-0.05, 0) is 71.8 Å². The van der Waals surface area contributed by atoms with Crippen LogP contribution in [0.2, 0.25) is 0 Å². The molecule has 1 aliphatic rings. The summed E-state index contributed by atoms with van der Waals surface area (Å²) in [5.41, 5.74) is 1.55. The zero-order valence-electron chi connectivity index (χ0n) is 9.59. The van der Waals surface area contributed by atoms with Gasteiger partial charge in [0.2, 0.25) is 0 Å². The molecule has 16 heavy (non-hydrogen) atoms. The van der Waals surface area contributed by atoms with Gasteiger partial charge < -0.3 is 5.32 Å². The van der Waals surface area contributed by atoms with Gasteiger partial charge in [-0.25, -0.2) is 0 Å². The summed E-state index contributed by atoms with van der Waals surface area (Å²) in [4.78, 5) is 1.58. The molecule has 1 nitrogen and oxygen atoms in total. The average molecular weight is 320 g/mol. The van der Waals surface area contributed by atoms with Crippen molar-refractivity contribution in [1.29, 1.82) is 0 Å². The molecular formula is C12H18BrNS2. The normalized spacial score (nSPS) is 19.8. The van der Waals surface area contributed by atoms with Crippen LogP contribution in [0.1, 0.15) is 35.7 Å². The lowest BCUT2D eigenvalue weighted by molar-refractivity contribution is 0.465. The van der Waals surface area contributed by atoms with Crippen molar-refractivity contribution < 1.29 is 0 Å². The number of rotatable bonds is 5. The van der Waals surface area contributed by atoms with Gasteiger partial charge in [0.15, 0.2) is 0 Å². The highest BCUT2D eigenvalue weighted by molar-refractivity contribution is 9.11. The van der Waals surface area contributed by atoms with E-state index in [9.17, 15) is 0 Å². The molecule has 90 valence electrons. The molecular weight excluding hydrogens is 302 g/mol. The van der Waals surface area contributed by atoms with Gasteiger partial charge in [0.25, 0.3) is 0 Å². The van der Waals surface area contributed by atoms with Crippen LogP contribution in [0.5, 0.6) is 0 Å².